The van der Waals surface area contributed by atoms with Crippen LogP contribution in [0.1, 0.15) is 11.1 Å². The number of para-hydroxylation sites is 1. The number of rotatable bonds is 6. The van der Waals surface area contributed by atoms with Crippen LogP contribution in [-0.4, -0.2) is 22.2 Å². The Morgan fingerprint density at radius 3 is 2.21 bits per heavy atom. The highest BCUT2D eigenvalue weighted by atomic mass is 16.4. The van der Waals surface area contributed by atoms with Gasteiger partial charge in [-0.3, -0.25) is 0 Å². The van der Waals surface area contributed by atoms with Crippen molar-refractivity contribution in [3.8, 4) is 11.3 Å². The minimum Gasteiger partial charge on any atom is -0.465 e. The van der Waals surface area contributed by atoms with Crippen molar-refractivity contribution in [1.82, 2.24) is 10.3 Å². The van der Waals surface area contributed by atoms with E-state index >= 15 is 0 Å². The van der Waals surface area contributed by atoms with Crippen LogP contribution in [0.2, 0.25) is 0 Å². The Kier molecular flexibility index (Phi) is 5.11. The van der Waals surface area contributed by atoms with Crippen LogP contribution in [0.5, 0.6) is 0 Å². The van der Waals surface area contributed by atoms with Crippen molar-refractivity contribution in [2.75, 3.05) is 0 Å². The number of benzene rings is 3. The minimum absolute atomic E-state index is 0.221. The van der Waals surface area contributed by atoms with E-state index in [4.69, 9.17) is 0 Å². The van der Waals surface area contributed by atoms with E-state index < -0.39 is 6.09 Å². The van der Waals surface area contributed by atoms with Crippen LogP contribution in [0.25, 0.3) is 22.2 Å². The Morgan fingerprint density at radius 2 is 1.50 bits per heavy atom. The molecule has 1 aromatic heterocycles. The summed E-state index contributed by atoms with van der Waals surface area (Å²) in [6.45, 7) is 0. The monoisotopic (exact) mass is 370 g/mol. The standard InChI is InChI=1S/C24H22N2O2/c27-24(28)25-19(15-17-9-3-1-4-10-17)16-21-20-13-7-8-14-22(20)26-23(21)18-11-5-2-6-12-18/h1-14,19,25-26H,15-16H2,(H,27,28). The van der Waals surface area contributed by atoms with Crippen molar-refractivity contribution in [2.45, 2.75) is 18.9 Å². The molecular formula is C24H22N2O2. The molecule has 1 heterocycles. The summed E-state index contributed by atoms with van der Waals surface area (Å²) in [6, 6.07) is 28.1. The highest BCUT2D eigenvalue weighted by Crippen LogP contribution is 2.31. The quantitative estimate of drug-likeness (QED) is 0.434. The molecule has 4 aromatic rings. The van der Waals surface area contributed by atoms with Gasteiger partial charge in [0, 0.05) is 22.6 Å². The van der Waals surface area contributed by atoms with Crippen LogP contribution in [-0.2, 0) is 12.8 Å². The molecule has 3 aromatic carbocycles. The lowest BCUT2D eigenvalue weighted by atomic mass is 9.95. The van der Waals surface area contributed by atoms with Gasteiger partial charge in [-0.15, -0.1) is 0 Å². The van der Waals surface area contributed by atoms with Crippen molar-refractivity contribution in [2.24, 2.45) is 0 Å². The van der Waals surface area contributed by atoms with Crippen LogP contribution in [0.3, 0.4) is 0 Å². The fourth-order valence-electron chi connectivity index (χ4n) is 3.76. The van der Waals surface area contributed by atoms with Crippen LogP contribution >= 0.6 is 0 Å². The molecule has 0 spiro atoms. The number of hydrogen-bond donors (Lipinski definition) is 3. The van der Waals surface area contributed by atoms with E-state index in [1.165, 1.54) is 0 Å². The van der Waals surface area contributed by atoms with Gasteiger partial charge in [0.05, 0.1) is 0 Å². The fourth-order valence-corrected chi connectivity index (χ4v) is 3.76. The smallest absolute Gasteiger partial charge is 0.404 e. The van der Waals surface area contributed by atoms with E-state index in [1.54, 1.807) is 0 Å². The molecule has 0 saturated carbocycles. The Labute approximate surface area is 163 Å². The zero-order valence-electron chi connectivity index (χ0n) is 15.4. The van der Waals surface area contributed by atoms with Gasteiger partial charge in [0.25, 0.3) is 0 Å². The first-order valence-electron chi connectivity index (χ1n) is 9.39. The summed E-state index contributed by atoms with van der Waals surface area (Å²) in [5.74, 6) is 0. The highest BCUT2D eigenvalue weighted by molar-refractivity contribution is 5.90. The van der Waals surface area contributed by atoms with Crippen molar-refractivity contribution in [1.29, 1.82) is 0 Å². The molecule has 0 aliphatic carbocycles. The molecule has 3 N–H and O–H groups in total. The molecule has 0 saturated heterocycles. The van der Waals surface area contributed by atoms with Crippen molar-refractivity contribution >= 4 is 17.0 Å². The summed E-state index contributed by atoms with van der Waals surface area (Å²) in [4.78, 5) is 15.0. The van der Waals surface area contributed by atoms with Gasteiger partial charge < -0.3 is 15.4 Å². The summed E-state index contributed by atoms with van der Waals surface area (Å²) in [7, 11) is 0. The second kappa shape index (κ2) is 8.01. The maximum absolute atomic E-state index is 11.4. The first-order chi connectivity index (χ1) is 13.7. The maximum Gasteiger partial charge on any atom is 0.404 e. The van der Waals surface area contributed by atoms with Gasteiger partial charge in [-0.2, -0.15) is 0 Å². The molecule has 1 unspecified atom stereocenters. The molecule has 1 amide bonds. The second-order valence-corrected chi connectivity index (χ2v) is 6.93. The van der Waals surface area contributed by atoms with E-state index in [1.807, 2.05) is 60.7 Å². The topological polar surface area (TPSA) is 65.1 Å². The van der Waals surface area contributed by atoms with E-state index in [2.05, 4.69) is 34.6 Å². The number of carbonyl (C=O) groups is 1. The molecule has 4 rings (SSSR count). The molecule has 0 fully saturated rings. The lowest BCUT2D eigenvalue weighted by Crippen LogP contribution is -2.37. The molecule has 0 aliphatic heterocycles. The zero-order valence-corrected chi connectivity index (χ0v) is 15.4. The first-order valence-corrected chi connectivity index (χ1v) is 9.39. The molecule has 140 valence electrons. The van der Waals surface area contributed by atoms with Crippen molar-refractivity contribution in [3.05, 3.63) is 96.1 Å². The Bertz CT molecular complexity index is 1070. The Morgan fingerprint density at radius 1 is 0.857 bits per heavy atom. The molecule has 1 atom stereocenters. The van der Waals surface area contributed by atoms with Gasteiger partial charge in [0.15, 0.2) is 0 Å². The Hall–Kier alpha value is -3.53. The maximum atomic E-state index is 11.4. The lowest BCUT2D eigenvalue weighted by Gasteiger charge is -2.18. The second-order valence-electron chi connectivity index (χ2n) is 6.93. The third-order valence-corrected chi connectivity index (χ3v) is 4.98. The number of aromatic amines is 1. The van der Waals surface area contributed by atoms with Gasteiger partial charge in [0.1, 0.15) is 0 Å². The summed E-state index contributed by atoms with van der Waals surface area (Å²) in [5, 5.41) is 13.2. The molecule has 4 nitrogen and oxygen atoms in total. The van der Waals surface area contributed by atoms with Gasteiger partial charge >= 0.3 is 6.09 Å². The van der Waals surface area contributed by atoms with E-state index in [0.29, 0.717) is 12.8 Å². The fraction of sp³-hybridized carbons (Fsp3) is 0.125. The zero-order chi connectivity index (χ0) is 19.3. The summed E-state index contributed by atoms with van der Waals surface area (Å²) in [6.07, 6.45) is 0.248. The lowest BCUT2D eigenvalue weighted by molar-refractivity contribution is 0.189. The SMILES string of the molecule is O=C(O)NC(Cc1ccccc1)Cc1c(-c2ccccc2)[nH]c2ccccc12. The van der Waals surface area contributed by atoms with Crippen LogP contribution in [0, 0.1) is 0 Å². The van der Waals surface area contributed by atoms with Crippen LogP contribution < -0.4 is 5.32 Å². The van der Waals surface area contributed by atoms with Crippen molar-refractivity contribution in [3.63, 3.8) is 0 Å². The summed E-state index contributed by atoms with van der Waals surface area (Å²) >= 11 is 0. The summed E-state index contributed by atoms with van der Waals surface area (Å²) in [5.41, 5.74) is 5.46. The Balaban J connectivity index is 1.74. The largest absolute Gasteiger partial charge is 0.465 e. The number of fused-ring (bicyclic) bond motifs is 1. The van der Waals surface area contributed by atoms with Gasteiger partial charge in [-0.1, -0.05) is 78.9 Å². The number of carboxylic acid groups (broad SMARTS) is 1. The molecule has 4 heteroatoms. The van der Waals surface area contributed by atoms with Gasteiger partial charge in [0.2, 0.25) is 0 Å². The normalized spacial score (nSPS) is 12.0. The van der Waals surface area contributed by atoms with E-state index in [0.717, 1.165) is 33.3 Å². The molecular weight excluding hydrogens is 348 g/mol. The average Bonchev–Trinajstić information content (AvgIpc) is 3.07. The van der Waals surface area contributed by atoms with Crippen LogP contribution in [0.15, 0.2) is 84.9 Å². The molecule has 0 radical (unpaired) electrons. The van der Waals surface area contributed by atoms with E-state index in [9.17, 15) is 9.90 Å². The number of hydrogen-bond acceptors (Lipinski definition) is 1. The third-order valence-electron chi connectivity index (χ3n) is 4.98. The number of H-pyrrole nitrogens is 1. The van der Waals surface area contributed by atoms with Crippen LogP contribution in [0.4, 0.5) is 4.79 Å². The van der Waals surface area contributed by atoms with E-state index in [-0.39, 0.29) is 6.04 Å². The third kappa shape index (κ3) is 3.91. The van der Waals surface area contributed by atoms with Gasteiger partial charge in [-0.05, 0) is 35.6 Å². The molecule has 0 bridgehead atoms. The van der Waals surface area contributed by atoms with Gasteiger partial charge in [-0.25, -0.2) is 4.79 Å². The highest BCUT2D eigenvalue weighted by Gasteiger charge is 2.19. The predicted octanol–water partition coefficient (Wildman–Crippen LogP) is 5.26. The number of aromatic nitrogens is 1. The number of amides is 1. The van der Waals surface area contributed by atoms with Crippen molar-refractivity contribution < 1.29 is 9.90 Å². The first kappa shape index (κ1) is 17.9. The molecule has 0 aliphatic rings. The average molecular weight is 370 g/mol. The molecule has 28 heavy (non-hydrogen) atoms. The number of nitrogens with one attached hydrogen (secondary N) is 2. The predicted molar refractivity (Wildman–Crippen MR) is 113 cm³/mol. The minimum atomic E-state index is -0.998. The summed E-state index contributed by atoms with van der Waals surface area (Å²) < 4.78 is 0.